The van der Waals surface area contributed by atoms with Gasteiger partial charge in [-0.25, -0.2) is 4.79 Å². The van der Waals surface area contributed by atoms with E-state index in [2.05, 4.69) is 15.4 Å². The number of nitrogens with two attached hydrogens (primary N) is 1. The molecule has 0 aromatic heterocycles. The molecule has 0 heterocycles. The van der Waals surface area contributed by atoms with Crippen LogP contribution in [0, 0.1) is 0 Å². The minimum Gasteiger partial charge on any atom is -0.464 e. The Morgan fingerprint density at radius 2 is 1.85 bits per heavy atom. The lowest BCUT2D eigenvalue weighted by atomic mass is 10.2. The molecule has 108 valence electrons. The molecule has 0 saturated heterocycles. The maximum atomic E-state index is 11.7. The third-order valence-corrected chi connectivity index (χ3v) is 2.27. The van der Waals surface area contributed by atoms with Crippen LogP contribution in [0.4, 0.5) is 11.4 Å². The molecule has 0 fully saturated rings. The first-order valence-corrected chi connectivity index (χ1v) is 6.04. The number of ether oxygens (including phenoxy) is 1. The van der Waals surface area contributed by atoms with Crippen LogP contribution in [0.2, 0.25) is 0 Å². The van der Waals surface area contributed by atoms with Gasteiger partial charge in [-0.15, -0.1) is 0 Å². The van der Waals surface area contributed by atoms with E-state index in [0.29, 0.717) is 11.4 Å². The zero-order valence-electron chi connectivity index (χ0n) is 11.3. The summed E-state index contributed by atoms with van der Waals surface area (Å²) in [6, 6.07) is 5.09. The second kappa shape index (κ2) is 7.25. The van der Waals surface area contributed by atoms with Crippen LogP contribution in [-0.2, 0) is 19.1 Å². The standard InChI is InChI=1S/C13H17N3O4/c1-3-20-13(19)11(14)12(18)16-10-6-4-5-9(7-10)15-8(2)17/h4-7,11H,3,14H2,1-2H3,(H,15,17)(H,16,18). The van der Waals surface area contributed by atoms with Gasteiger partial charge in [0.1, 0.15) is 0 Å². The molecular formula is C13H17N3O4. The molecule has 20 heavy (non-hydrogen) atoms. The summed E-state index contributed by atoms with van der Waals surface area (Å²) in [5.41, 5.74) is 6.40. The number of amides is 2. The highest BCUT2D eigenvalue weighted by Gasteiger charge is 2.23. The SMILES string of the molecule is CCOC(=O)C(N)C(=O)Nc1cccc(NC(C)=O)c1. The first-order valence-electron chi connectivity index (χ1n) is 6.04. The van der Waals surface area contributed by atoms with Crippen molar-refractivity contribution >= 4 is 29.2 Å². The second-order valence-corrected chi connectivity index (χ2v) is 3.98. The van der Waals surface area contributed by atoms with Crippen molar-refractivity contribution in [3.63, 3.8) is 0 Å². The van der Waals surface area contributed by atoms with Gasteiger partial charge in [-0.1, -0.05) is 6.07 Å². The zero-order chi connectivity index (χ0) is 15.1. The van der Waals surface area contributed by atoms with E-state index in [-0.39, 0.29) is 12.5 Å². The van der Waals surface area contributed by atoms with Gasteiger partial charge in [-0.2, -0.15) is 0 Å². The number of carbonyl (C=O) groups is 3. The van der Waals surface area contributed by atoms with Crippen molar-refractivity contribution in [2.24, 2.45) is 5.73 Å². The lowest BCUT2D eigenvalue weighted by molar-refractivity contribution is -0.147. The largest absolute Gasteiger partial charge is 0.464 e. The van der Waals surface area contributed by atoms with Crippen molar-refractivity contribution in [1.29, 1.82) is 0 Å². The first kappa shape index (κ1) is 15.6. The molecule has 0 saturated carbocycles. The molecule has 0 spiro atoms. The summed E-state index contributed by atoms with van der Waals surface area (Å²) in [6.07, 6.45) is 0. The maximum absolute atomic E-state index is 11.7. The first-order chi connectivity index (χ1) is 9.43. The van der Waals surface area contributed by atoms with E-state index in [1.54, 1.807) is 31.2 Å². The second-order valence-electron chi connectivity index (χ2n) is 3.98. The molecule has 1 aromatic carbocycles. The topological polar surface area (TPSA) is 111 Å². The minimum absolute atomic E-state index is 0.151. The monoisotopic (exact) mass is 279 g/mol. The molecule has 0 radical (unpaired) electrons. The van der Waals surface area contributed by atoms with Crippen LogP contribution in [0.5, 0.6) is 0 Å². The van der Waals surface area contributed by atoms with Crippen LogP contribution in [0.3, 0.4) is 0 Å². The van der Waals surface area contributed by atoms with Gasteiger partial charge in [-0.3, -0.25) is 9.59 Å². The molecule has 7 heteroatoms. The molecule has 7 nitrogen and oxygen atoms in total. The van der Waals surface area contributed by atoms with Gasteiger partial charge in [0, 0.05) is 18.3 Å². The third kappa shape index (κ3) is 4.69. The Morgan fingerprint density at radius 1 is 1.25 bits per heavy atom. The fourth-order valence-electron chi connectivity index (χ4n) is 1.44. The smallest absolute Gasteiger partial charge is 0.332 e. The minimum atomic E-state index is -1.39. The van der Waals surface area contributed by atoms with Gasteiger partial charge in [0.15, 0.2) is 6.04 Å². The van der Waals surface area contributed by atoms with Crippen LogP contribution in [-0.4, -0.2) is 30.4 Å². The maximum Gasteiger partial charge on any atom is 0.332 e. The Kier molecular flexibility index (Phi) is 5.67. The predicted octanol–water partition coefficient (Wildman–Crippen LogP) is 0.474. The van der Waals surface area contributed by atoms with Gasteiger partial charge in [-0.05, 0) is 25.1 Å². The quantitative estimate of drug-likeness (QED) is 0.536. The third-order valence-electron chi connectivity index (χ3n) is 2.27. The van der Waals surface area contributed by atoms with E-state index >= 15 is 0 Å². The van der Waals surface area contributed by atoms with Crippen molar-refractivity contribution in [3.8, 4) is 0 Å². The number of benzene rings is 1. The molecule has 0 aliphatic rings. The Bertz CT molecular complexity index is 516. The van der Waals surface area contributed by atoms with E-state index in [9.17, 15) is 14.4 Å². The normalized spacial score (nSPS) is 11.3. The number of hydrogen-bond donors (Lipinski definition) is 3. The summed E-state index contributed by atoms with van der Waals surface area (Å²) in [7, 11) is 0. The highest BCUT2D eigenvalue weighted by Crippen LogP contribution is 2.15. The summed E-state index contributed by atoms with van der Waals surface area (Å²) >= 11 is 0. The summed E-state index contributed by atoms with van der Waals surface area (Å²) in [4.78, 5) is 34.0. The van der Waals surface area contributed by atoms with E-state index in [4.69, 9.17) is 5.73 Å². The van der Waals surface area contributed by atoms with E-state index in [1.807, 2.05) is 0 Å². The van der Waals surface area contributed by atoms with E-state index in [1.165, 1.54) is 6.92 Å². The van der Waals surface area contributed by atoms with Gasteiger partial charge in [0.2, 0.25) is 5.91 Å². The van der Waals surface area contributed by atoms with E-state index in [0.717, 1.165) is 0 Å². The average Bonchev–Trinajstić information content (AvgIpc) is 2.37. The van der Waals surface area contributed by atoms with Crippen molar-refractivity contribution in [2.75, 3.05) is 17.2 Å². The van der Waals surface area contributed by atoms with Gasteiger partial charge in [0.05, 0.1) is 6.61 Å². The van der Waals surface area contributed by atoms with Gasteiger partial charge in [0.25, 0.3) is 5.91 Å². The Balaban J connectivity index is 2.70. The number of rotatable bonds is 5. The van der Waals surface area contributed by atoms with Crippen molar-refractivity contribution in [1.82, 2.24) is 0 Å². The molecule has 0 aliphatic heterocycles. The van der Waals surface area contributed by atoms with E-state index < -0.39 is 17.9 Å². The molecule has 2 amide bonds. The zero-order valence-corrected chi connectivity index (χ0v) is 11.3. The number of hydrogen-bond acceptors (Lipinski definition) is 5. The fourth-order valence-corrected chi connectivity index (χ4v) is 1.44. The summed E-state index contributed by atoms with van der Waals surface area (Å²) in [5.74, 6) is -1.69. The average molecular weight is 279 g/mol. The Morgan fingerprint density at radius 3 is 2.40 bits per heavy atom. The number of carbonyl (C=O) groups excluding carboxylic acids is 3. The molecule has 1 atom stereocenters. The molecule has 0 bridgehead atoms. The van der Waals surface area contributed by atoms with Crippen LogP contribution >= 0.6 is 0 Å². The highest BCUT2D eigenvalue weighted by molar-refractivity contribution is 6.08. The van der Waals surface area contributed by atoms with Crippen LogP contribution < -0.4 is 16.4 Å². The highest BCUT2D eigenvalue weighted by atomic mass is 16.5. The number of nitrogens with one attached hydrogen (secondary N) is 2. The number of anilines is 2. The lowest BCUT2D eigenvalue weighted by Gasteiger charge is -2.12. The van der Waals surface area contributed by atoms with Crippen LogP contribution in [0.15, 0.2) is 24.3 Å². The summed E-state index contributed by atoms with van der Waals surface area (Å²) in [5, 5.41) is 5.06. The molecule has 1 unspecified atom stereocenters. The predicted molar refractivity (Wildman–Crippen MR) is 74.0 cm³/mol. The van der Waals surface area contributed by atoms with Crippen LogP contribution in [0.25, 0.3) is 0 Å². The Labute approximate surface area is 116 Å². The lowest BCUT2D eigenvalue weighted by Crippen LogP contribution is -2.43. The van der Waals surface area contributed by atoms with Crippen molar-refractivity contribution in [2.45, 2.75) is 19.9 Å². The number of esters is 1. The molecule has 1 aromatic rings. The van der Waals surface area contributed by atoms with Gasteiger partial charge < -0.3 is 21.1 Å². The Hall–Kier alpha value is -2.41. The molecule has 4 N–H and O–H groups in total. The molecule has 1 rings (SSSR count). The van der Waals surface area contributed by atoms with Crippen LogP contribution in [0.1, 0.15) is 13.8 Å². The van der Waals surface area contributed by atoms with Gasteiger partial charge >= 0.3 is 5.97 Å². The van der Waals surface area contributed by atoms with Crippen molar-refractivity contribution < 1.29 is 19.1 Å². The summed E-state index contributed by atoms with van der Waals surface area (Å²) in [6.45, 7) is 3.15. The van der Waals surface area contributed by atoms with Crippen molar-refractivity contribution in [3.05, 3.63) is 24.3 Å². The summed E-state index contributed by atoms with van der Waals surface area (Å²) < 4.78 is 4.66. The molecule has 0 aliphatic carbocycles. The molecular weight excluding hydrogens is 262 g/mol. The fraction of sp³-hybridized carbons (Fsp3) is 0.308.